The minimum Gasteiger partial charge on any atom is -0.461 e. The van der Waals surface area contributed by atoms with Gasteiger partial charge >= 0.3 is 0 Å². The minimum absolute atomic E-state index is 0.0530. The maximum absolute atomic E-state index is 11.9. The van der Waals surface area contributed by atoms with Crippen molar-refractivity contribution in [3.8, 4) is 0 Å². The monoisotopic (exact) mass is 237 g/mol. The summed E-state index contributed by atoms with van der Waals surface area (Å²) in [6, 6.07) is 15.1. The van der Waals surface area contributed by atoms with Gasteiger partial charge in [-0.05, 0) is 24.3 Å². The molecule has 0 atom stereocenters. The summed E-state index contributed by atoms with van der Waals surface area (Å²) in [4.78, 5) is 16.3. The van der Waals surface area contributed by atoms with Crippen molar-refractivity contribution >= 4 is 16.7 Å². The Bertz CT molecular complexity index is 687. The van der Waals surface area contributed by atoms with Crippen LogP contribution in [0.1, 0.15) is 16.2 Å². The highest BCUT2D eigenvalue weighted by molar-refractivity contribution is 5.95. The predicted molar refractivity (Wildman–Crippen MR) is 68.5 cm³/mol. The van der Waals surface area contributed by atoms with E-state index in [0.717, 1.165) is 16.6 Å². The number of nitrogens with zero attached hydrogens (tertiary/aromatic N) is 1. The molecule has 0 saturated heterocycles. The number of aromatic nitrogens is 1. The van der Waals surface area contributed by atoms with E-state index >= 15 is 0 Å². The number of fused-ring (bicyclic) bond motifs is 1. The molecule has 0 unspecified atom stereocenters. The molecule has 0 bridgehead atoms. The average molecular weight is 237 g/mol. The van der Waals surface area contributed by atoms with E-state index in [9.17, 15) is 4.79 Å². The van der Waals surface area contributed by atoms with Crippen LogP contribution in [0.2, 0.25) is 0 Å². The molecular weight excluding hydrogens is 226 g/mol. The van der Waals surface area contributed by atoms with Crippen molar-refractivity contribution < 1.29 is 9.21 Å². The van der Waals surface area contributed by atoms with Gasteiger partial charge in [-0.25, -0.2) is 0 Å². The topological polar surface area (TPSA) is 43.1 Å². The van der Waals surface area contributed by atoms with Crippen LogP contribution >= 0.6 is 0 Å². The Kier molecular flexibility index (Phi) is 2.65. The van der Waals surface area contributed by atoms with Crippen LogP contribution in [0.5, 0.6) is 0 Å². The van der Waals surface area contributed by atoms with Crippen molar-refractivity contribution in [1.82, 2.24) is 4.98 Å². The molecular formula is C15H11NO2. The molecule has 0 spiro atoms. The highest BCUT2D eigenvalue weighted by atomic mass is 16.3. The highest BCUT2D eigenvalue weighted by Crippen LogP contribution is 2.13. The van der Waals surface area contributed by atoms with Gasteiger partial charge in [0.05, 0.1) is 18.2 Å². The Morgan fingerprint density at radius 2 is 1.94 bits per heavy atom. The van der Waals surface area contributed by atoms with Gasteiger partial charge in [-0.3, -0.25) is 9.78 Å². The van der Waals surface area contributed by atoms with Crippen molar-refractivity contribution in [2.24, 2.45) is 0 Å². The summed E-state index contributed by atoms with van der Waals surface area (Å²) >= 11 is 0. The number of pyridine rings is 1. The van der Waals surface area contributed by atoms with Crippen molar-refractivity contribution in [2.75, 3.05) is 0 Å². The van der Waals surface area contributed by atoms with E-state index in [2.05, 4.69) is 4.98 Å². The number of Topliss-reactive ketones (excluding diaryl/α,β-unsaturated/α-hetero) is 1. The minimum atomic E-state index is -0.0530. The normalized spacial score (nSPS) is 10.7. The highest BCUT2D eigenvalue weighted by Gasteiger charge is 2.10. The number of ketones is 1. The quantitative estimate of drug-likeness (QED) is 0.657. The zero-order valence-corrected chi connectivity index (χ0v) is 9.67. The zero-order chi connectivity index (χ0) is 12.4. The third-order valence-corrected chi connectivity index (χ3v) is 2.79. The predicted octanol–water partition coefficient (Wildman–Crippen LogP) is 3.25. The van der Waals surface area contributed by atoms with Crippen LogP contribution in [0.15, 0.2) is 59.2 Å². The molecule has 18 heavy (non-hydrogen) atoms. The Labute approximate surface area is 104 Å². The van der Waals surface area contributed by atoms with Gasteiger partial charge in [0, 0.05) is 11.1 Å². The van der Waals surface area contributed by atoms with E-state index in [4.69, 9.17) is 4.42 Å². The summed E-state index contributed by atoms with van der Waals surface area (Å²) in [6.45, 7) is 0. The number of hydrogen-bond acceptors (Lipinski definition) is 3. The molecule has 2 aromatic heterocycles. The van der Waals surface area contributed by atoms with Gasteiger partial charge in [0.25, 0.3) is 0 Å². The lowest BCUT2D eigenvalue weighted by Gasteiger charge is -2.01. The lowest BCUT2D eigenvalue weighted by atomic mass is 10.1. The summed E-state index contributed by atoms with van der Waals surface area (Å²) in [6.07, 6.45) is 1.76. The molecule has 0 amide bonds. The molecule has 0 fully saturated rings. The summed E-state index contributed by atoms with van der Waals surface area (Å²) in [5.41, 5.74) is 1.66. The second kappa shape index (κ2) is 4.45. The third-order valence-electron chi connectivity index (χ3n) is 2.79. The summed E-state index contributed by atoms with van der Waals surface area (Å²) < 4.78 is 5.08. The number of benzene rings is 1. The van der Waals surface area contributed by atoms with Crippen LogP contribution in [-0.4, -0.2) is 10.8 Å². The number of rotatable bonds is 3. The first-order valence-electron chi connectivity index (χ1n) is 5.74. The van der Waals surface area contributed by atoms with Crippen LogP contribution in [0.25, 0.3) is 10.9 Å². The van der Waals surface area contributed by atoms with Gasteiger partial charge in [-0.2, -0.15) is 0 Å². The first kappa shape index (κ1) is 10.7. The second-order valence-corrected chi connectivity index (χ2v) is 4.07. The molecule has 0 aliphatic rings. The smallest absolute Gasteiger partial charge is 0.203 e. The first-order chi connectivity index (χ1) is 8.83. The van der Waals surface area contributed by atoms with Gasteiger partial charge in [-0.1, -0.05) is 24.3 Å². The van der Waals surface area contributed by atoms with Crippen LogP contribution in [0.3, 0.4) is 0 Å². The second-order valence-electron chi connectivity index (χ2n) is 4.07. The number of carbonyl (C=O) groups excluding carboxylic acids is 1. The number of para-hydroxylation sites is 1. The Morgan fingerprint density at radius 3 is 2.78 bits per heavy atom. The Balaban J connectivity index is 1.89. The largest absolute Gasteiger partial charge is 0.461 e. The zero-order valence-electron chi connectivity index (χ0n) is 9.67. The first-order valence-corrected chi connectivity index (χ1v) is 5.74. The van der Waals surface area contributed by atoms with Crippen molar-refractivity contribution in [3.63, 3.8) is 0 Å². The standard InChI is InChI=1S/C15H11NO2/c17-14(15-6-3-9-18-15)10-12-8-7-11-4-1-2-5-13(11)16-12/h1-9H,10H2. The molecule has 0 aliphatic heterocycles. The summed E-state index contributed by atoms with van der Waals surface area (Å²) in [5.74, 6) is 0.327. The van der Waals surface area contributed by atoms with Crippen molar-refractivity contribution in [1.29, 1.82) is 0 Å². The number of carbonyl (C=O) groups is 1. The van der Waals surface area contributed by atoms with Gasteiger partial charge in [0.2, 0.25) is 5.78 Å². The SMILES string of the molecule is O=C(Cc1ccc2ccccc2n1)c1ccco1. The number of furan rings is 1. The molecule has 0 saturated carbocycles. The average Bonchev–Trinajstić information content (AvgIpc) is 2.92. The fourth-order valence-corrected chi connectivity index (χ4v) is 1.90. The summed E-state index contributed by atoms with van der Waals surface area (Å²) in [7, 11) is 0. The van der Waals surface area contributed by atoms with E-state index < -0.39 is 0 Å². The van der Waals surface area contributed by atoms with E-state index in [1.807, 2.05) is 36.4 Å². The van der Waals surface area contributed by atoms with Crippen LogP contribution in [0, 0.1) is 0 Å². The molecule has 0 N–H and O–H groups in total. The molecule has 3 nitrogen and oxygen atoms in total. The van der Waals surface area contributed by atoms with Crippen LogP contribution in [0.4, 0.5) is 0 Å². The molecule has 1 aromatic carbocycles. The van der Waals surface area contributed by atoms with Crippen LogP contribution < -0.4 is 0 Å². The molecule has 3 aromatic rings. The summed E-state index contributed by atoms with van der Waals surface area (Å²) in [5, 5.41) is 1.08. The van der Waals surface area contributed by atoms with Gasteiger partial charge in [0.1, 0.15) is 0 Å². The van der Waals surface area contributed by atoms with E-state index in [-0.39, 0.29) is 12.2 Å². The molecule has 88 valence electrons. The van der Waals surface area contributed by atoms with Gasteiger partial charge in [0.15, 0.2) is 5.76 Å². The molecule has 2 heterocycles. The molecule has 0 aliphatic carbocycles. The van der Waals surface area contributed by atoms with E-state index in [1.165, 1.54) is 6.26 Å². The molecule has 3 heteroatoms. The van der Waals surface area contributed by atoms with E-state index in [0.29, 0.717) is 5.76 Å². The Morgan fingerprint density at radius 1 is 1.06 bits per heavy atom. The lowest BCUT2D eigenvalue weighted by molar-refractivity contribution is 0.0965. The fourth-order valence-electron chi connectivity index (χ4n) is 1.90. The van der Waals surface area contributed by atoms with Crippen molar-refractivity contribution in [3.05, 3.63) is 66.2 Å². The maximum Gasteiger partial charge on any atom is 0.203 e. The number of hydrogen-bond donors (Lipinski definition) is 0. The third kappa shape index (κ3) is 2.02. The van der Waals surface area contributed by atoms with Crippen molar-refractivity contribution in [2.45, 2.75) is 6.42 Å². The maximum atomic E-state index is 11.9. The van der Waals surface area contributed by atoms with Gasteiger partial charge in [-0.15, -0.1) is 0 Å². The molecule has 3 rings (SSSR count). The lowest BCUT2D eigenvalue weighted by Crippen LogP contribution is -2.03. The van der Waals surface area contributed by atoms with Gasteiger partial charge < -0.3 is 4.42 Å². The fraction of sp³-hybridized carbons (Fsp3) is 0.0667. The molecule has 0 radical (unpaired) electrons. The van der Waals surface area contributed by atoms with E-state index in [1.54, 1.807) is 12.1 Å². The van der Waals surface area contributed by atoms with Crippen LogP contribution in [-0.2, 0) is 6.42 Å². The Hall–Kier alpha value is -2.42.